The summed E-state index contributed by atoms with van der Waals surface area (Å²) in [6, 6.07) is 2.76. The first kappa shape index (κ1) is 12.6. The zero-order valence-electron chi connectivity index (χ0n) is 10.6. The Kier molecular flexibility index (Phi) is 4.57. The van der Waals surface area contributed by atoms with Gasteiger partial charge in [0.2, 0.25) is 0 Å². The minimum absolute atomic E-state index is 0.0573. The molecule has 0 amide bonds. The molecule has 0 saturated heterocycles. The van der Waals surface area contributed by atoms with E-state index >= 15 is 0 Å². The van der Waals surface area contributed by atoms with Crippen molar-refractivity contribution in [2.24, 2.45) is 5.73 Å². The van der Waals surface area contributed by atoms with Crippen molar-refractivity contribution in [1.82, 2.24) is 9.78 Å². The second kappa shape index (κ2) is 6.17. The predicted molar refractivity (Wildman–Crippen MR) is 67.9 cm³/mol. The van der Waals surface area contributed by atoms with Crippen LogP contribution in [-0.2, 0) is 11.2 Å². The van der Waals surface area contributed by atoms with Crippen molar-refractivity contribution in [3.8, 4) is 0 Å². The van der Waals surface area contributed by atoms with E-state index in [1.807, 2.05) is 6.92 Å². The molecule has 1 fully saturated rings. The van der Waals surface area contributed by atoms with Gasteiger partial charge in [0, 0.05) is 25.3 Å². The van der Waals surface area contributed by atoms with E-state index in [2.05, 4.69) is 22.0 Å². The van der Waals surface area contributed by atoms with E-state index in [0.717, 1.165) is 18.7 Å². The van der Waals surface area contributed by atoms with Gasteiger partial charge in [-0.05, 0) is 25.8 Å². The summed E-state index contributed by atoms with van der Waals surface area (Å²) < 4.78 is 7.44. The minimum Gasteiger partial charge on any atom is -0.380 e. The van der Waals surface area contributed by atoms with Crippen LogP contribution in [0.25, 0.3) is 0 Å². The average molecular weight is 237 g/mol. The summed E-state index contributed by atoms with van der Waals surface area (Å²) in [5.41, 5.74) is 7.07. The summed E-state index contributed by atoms with van der Waals surface area (Å²) in [5.74, 6) is 0. The highest BCUT2D eigenvalue weighted by Crippen LogP contribution is 2.28. The van der Waals surface area contributed by atoms with Crippen molar-refractivity contribution in [1.29, 1.82) is 0 Å². The minimum atomic E-state index is 0.0573. The Morgan fingerprint density at radius 2 is 2.29 bits per heavy atom. The summed E-state index contributed by atoms with van der Waals surface area (Å²) in [6.07, 6.45) is 8.12. The van der Waals surface area contributed by atoms with Gasteiger partial charge < -0.3 is 10.5 Å². The molecule has 0 bridgehead atoms. The molecule has 4 heteroatoms. The molecular weight excluding hydrogens is 214 g/mol. The lowest BCUT2D eigenvalue weighted by Crippen LogP contribution is -2.28. The Balaban J connectivity index is 1.84. The molecule has 1 atom stereocenters. The van der Waals surface area contributed by atoms with Crippen LogP contribution < -0.4 is 5.73 Å². The summed E-state index contributed by atoms with van der Waals surface area (Å²) >= 11 is 0. The second-order valence-electron chi connectivity index (χ2n) is 4.85. The Morgan fingerprint density at radius 1 is 1.53 bits per heavy atom. The molecule has 17 heavy (non-hydrogen) atoms. The third-order valence-electron chi connectivity index (χ3n) is 3.37. The van der Waals surface area contributed by atoms with E-state index in [4.69, 9.17) is 10.5 Å². The summed E-state index contributed by atoms with van der Waals surface area (Å²) in [4.78, 5) is 0. The average Bonchev–Trinajstić information content (AvgIpc) is 2.95. The van der Waals surface area contributed by atoms with Crippen LogP contribution in [0.1, 0.15) is 44.3 Å². The monoisotopic (exact) mass is 237 g/mol. The van der Waals surface area contributed by atoms with Gasteiger partial charge in [-0.15, -0.1) is 0 Å². The molecule has 4 nitrogen and oxygen atoms in total. The number of hydrogen-bond acceptors (Lipinski definition) is 3. The summed E-state index contributed by atoms with van der Waals surface area (Å²) in [6.45, 7) is 3.33. The first-order valence-corrected chi connectivity index (χ1v) is 6.67. The smallest absolute Gasteiger partial charge is 0.0641 e. The highest BCUT2D eigenvalue weighted by atomic mass is 16.5. The van der Waals surface area contributed by atoms with Crippen LogP contribution in [0.3, 0.4) is 0 Å². The SMILES string of the molecule is CCOCC(N)Cc1ccn(C2CCCC2)n1. The standard InChI is InChI=1S/C13H23N3O/c1-2-17-10-11(14)9-12-7-8-16(15-12)13-5-3-4-6-13/h7-8,11,13H,2-6,9-10,14H2,1H3. The lowest BCUT2D eigenvalue weighted by molar-refractivity contribution is 0.133. The van der Waals surface area contributed by atoms with Gasteiger partial charge in [0.1, 0.15) is 0 Å². The Labute approximate surface area is 103 Å². The van der Waals surface area contributed by atoms with Crippen LogP contribution in [-0.4, -0.2) is 29.0 Å². The Bertz CT molecular complexity index is 331. The lowest BCUT2D eigenvalue weighted by Gasteiger charge is -2.11. The van der Waals surface area contributed by atoms with Gasteiger partial charge >= 0.3 is 0 Å². The number of aromatic nitrogens is 2. The van der Waals surface area contributed by atoms with E-state index < -0.39 is 0 Å². The summed E-state index contributed by atoms with van der Waals surface area (Å²) in [7, 11) is 0. The molecule has 1 unspecified atom stereocenters. The first-order valence-electron chi connectivity index (χ1n) is 6.67. The maximum Gasteiger partial charge on any atom is 0.0641 e. The van der Waals surface area contributed by atoms with Crippen LogP contribution in [0.2, 0.25) is 0 Å². The van der Waals surface area contributed by atoms with Gasteiger partial charge in [-0.3, -0.25) is 4.68 Å². The van der Waals surface area contributed by atoms with E-state index in [1.54, 1.807) is 0 Å². The molecule has 1 saturated carbocycles. The number of ether oxygens (including phenoxy) is 1. The van der Waals surface area contributed by atoms with Crippen molar-refractivity contribution in [2.45, 2.75) is 51.1 Å². The fourth-order valence-electron chi connectivity index (χ4n) is 2.46. The molecule has 2 N–H and O–H groups in total. The molecule has 0 aromatic carbocycles. The molecule has 0 spiro atoms. The fraction of sp³-hybridized carbons (Fsp3) is 0.769. The van der Waals surface area contributed by atoms with Gasteiger partial charge in [-0.1, -0.05) is 12.8 Å². The third-order valence-corrected chi connectivity index (χ3v) is 3.37. The molecule has 1 aliphatic carbocycles. The van der Waals surface area contributed by atoms with E-state index in [9.17, 15) is 0 Å². The molecular formula is C13H23N3O. The van der Waals surface area contributed by atoms with Gasteiger partial charge in [-0.25, -0.2) is 0 Å². The van der Waals surface area contributed by atoms with Crippen LogP contribution in [0.15, 0.2) is 12.3 Å². The fourth-order valence-corrected chi connectivity index (χ4v) is 2.46. The number of rotatable bonds is 6. The molecule has 0 radical (unpaired) electrons. The second-order valence-corrected chi connectivity index (χ2v) is 4.85. The number of nitrogens with two attached hydrogens (primary N) is 1. The maximum atomic E-state index is 5.98. The van der Waals surface area contributed by atoms with Gasteiger partial charge in [0.05, 0.1) is 18.3 Å². The van der Waals surface area contributed by atoms with E-state index in [0.29, 0.717) is 12.6 Å². The van der Waals surface area contributed by atoms with Crippen LogP contribution in [0.5, 0.6) is 0 Å². The van der Waals surface area contributed by atoms with Crippen molar-refractivity contribution in [3.63, 3.8) is 0 Å². The number of nitrogens with zero attached hydrogens (tertiary/aromatic N) is 2. The predicted octanol–water partition coefficient (Wildman–Crippen LogP) is 1.90. The van der Waals surface area contributed by atoms with Gasteiger partial charge in [-0.2, -0.15) is 5.10 Å². The van der Waals surface area contributed by atoms with Gasteiger partial charge in [0.15, 0.2) is 0 Å². The third kappa shape index (κ3) is 3.54. The van der Waals surface area contributed by atoms with E-state index in [-0.39, 0.29) is 6.04 Å². The molecule has 1 aromatic heterocycles. The van der Waals surface area contributed by atoms with Crippen molar-refractivity contribution < 1.29 is 4.74 Å². The van der Waals surface area contributed by atoms with Crippen molar-refractivity contribution >= 4 is 0 Å². The highest BCUT2D eigenvalue weighted by Gasteiger charge is 2.17. The van der Waals surface area contributed by atoms with Crippen LogP contribution >= 0.6 is 0 Å². The Morgan fingerprint density at radius 3 is 3.00 bits per heavy atom. The topological polar surface area (TPSA) is 53.1 Å². The first-order chi connectivity index (χ1) is 8.29. The van der Waals surface area contributed by atoms with Gasteiger partial charge in [0.25, 0.3) is 0 Å². The molecule has 2 rings (SSSR count). The zero-order chi connectivity index (χ0) is 12.1. The lowest BCUT2D eigenvalue weighted by atomic mass is 10.2. The highest BCUT2D eigenvalue weighted by molar-refractivity contribution is 5.02. The zero-order valence-corrected chi connectivity index (χ0v) is 10.6. The molecule has 0 aliphatic heterocycles. The Hall–Kier alpha value is -0.870. The largest absolute Gasteiger partial charge is 0.380 e. The molecule has 1 heterocycles. The van der Waals surface area contributed by atoms with Crippen molar-refractivity contribution in [2.75, 3.05) is 13.2 Å². The van der Waals surface area contributed by atoms with Crippen molar-refractivity contribution in [3.05, 3.63) is 18.0 Å². The van der Waals surface area contributed by atoms with E-state index in [1.165, 1.54) is 25.7 Å². The van der Waals surface area contributed by atoms with Crippen LogP contribution in [0.4, 0.5) is 0 Å². The molecule has 96 valence electrons. The molecule has 1 aromatic rings. The molecule has 1 aliphatic rings. The maximum absolute atomic E-state index is 5.98. The quantitative estimate of drug-likeness (QED) is 0.822. The van der Waals surface area contributed by atoms with Crippen LogP contribution in [0, 0.1) is 0 Å². The number of hydrogen-bond donors (Lipinski definition) is 1. The normalized spacial score (nSPS) is 18.7. The summed E-state index contributed by atoms with van der Waals surface area (Å²) in [5, 5.41) is 4.62.